The first kappa shape index (κ1) is 23.6. The highest BCUT2D eigenvalue weighted by Gasteiger charge is 2.47. The number of alkyl halides is 3. The predicted octanol–water partition coefficient (Wildman–Crippen LogP) is 4.80. The summed E-state index contributed by atoms with van der Waals surface area (Å²) in [5.41, 5.74) is -1.90. The summed E-state index contributed by atoms with van der Waals surface area (Å²) in [6, 6.07) is 17.6. The van der Waals surface area contributed by atoms with Gasteiger partial charge >= 0.3 is 5.51 Å². The van der Waals surface area contributed by atoms with E-state index < -0.39 is 26.1 Å². The zero-order chi connectivity index (χ0) is 24.5. The maximum atomic E-state index is 12.9. The summed E-state index contributed by atoms with van der Waals surface area (Å²) in [7, 11) is -4.32. The molecule has 0 spiro atoms. The van der Waals surface area contributed by atoms with Gasteiger partial charge in [-0.2, -0.15) is 13.2 Å². The van der Waals surface area contributed by atoms with Gasteiger partial charge in [0.05, 0.1) is 17.7 Å². The summed E-state index contributed by atoms with van der Waals surface area (Å²) >= 11 is 0. The van der Waals surface area contributed by atoms with E-state index in [1.165, 1.54) is 18.2 Å². The molecule has 0 fully saturated rings. The van der Waals surface area contributed by atoms with Gasteiger partial charge in [0.1, 0.15) is 5.75 Å². The first-order valence-electron chi connectivity index (χ1n) is 10.3. The number of halogens is 3. The third-order valence-corrected chi connectivity index (χ3v) is 7.14. The van der Waals surface area contributed by atoms with Crippen molar-refractivity contribution in [2.75, 3.05) is 23.9 Å². The standard InChI is InChI=1S/C24H21F3N2O4S/c1-33-22-11-10-20(34(31,32)24(25,26)27)14-21(22)28-23(30)17-6-8-19(9-7-17)29-13-12-16-4-2-3-5-18(16)15-29/h2-11,14H,12-13,15H2,1H3,(H,28,30). The minimum absolute atomic E-state index is 0.0260. The number of anilines is 2. The number of nitrogens with zero attached hydrogens (tertiary/aromatic N) is 1. The van der Waals surface area contributed by atoms with E-state index in [0.29, 0.717) is 0 Å². The van der Waals surface area contributed by atoms with Gasteiger partial charge in [0, 0.05) is 24.3 Å². The fraction of sp³-hybridized carbons (Fsp3) is 0.208. The molecule has 178 valence electrons. The normalized spacial score (nSPS) is 13.8. The zero-order valence-electron chi connectivity index (χ0n) is 18.1. The molecule has 0 saturated carbocycles. The van der Waals surface area contributed by atoms with Gasteiger partial charge < -0.3 is 15.0 Å². The molecule has 0 aliphatic carbocycles. The molecular formula is C24H21F3N2O4S. The van der Waals surface area contributed by atoms with Crippen molar-refractivity contribution in [3.63, 3.8) is 0 Å². The van der Waals surface area contributed by atoms with Crippen molar-refractivity contribution in [2.24, 2.45) is 0 Å². The lowest BCUT2D eigenvalue weighted by atomic mass is 9.99. The Bertz CT molecular complexity index is 1320. The molecule has 1 heterocycles. The Balaban J connectivity index is 1.53. The van der Waals surface area contributed by atoms with Crippen LogP contribution in [0.2, 0.25) is 0 Å². The number of amides is 1. The summed E-state index contributed by atoms with van der Waals surface area (Å²) in [6.07, 6.45) is 0.912. The molecule has 4 rings (SSSR count). The summed E-state index contributed by atoms with van der Waals surface area (Å²) < 4.78 is 67.3. The number of nitrogens with one attached hydrogen (secondary N) is 1. The van der Waals surface area contributed by atoms with Gasteiger partial charge in [0.2, 0.25) is 0 Å². The van der Waals surface area contributed by atoms with E-state index in [9.17, 15) is 26.4 Å². The smallest absolute Gasteiger partial charge is 0.495 e. The lowest BCUT2D eigenvalue weighted by Gasteiger charge is -2.30. The fourth-order valence-corrected chi connectivity index (χ4v) is 4.61. The van der Waals surface area contributed by atoms with E-state index in [4.69, 9.17) is 4.74 Å². The quantitative estimate of drug-likeness (QED) is 0.556. The van der Waals surface area contributed by atoms with Crippen molar-refractivity contribution in [1.29, 1.82) is 0 Å². The Morgan fingerprint density at radius 1 is 1.00 bits per heavy atom. The van der Waals surface area contributed by atoms with E-state index in [1.54, 1.807) is 24.3 Å². The van der Waals surface area contributed by atoms with Crippen LogP contribution in [0.25, 0.3) is 0 Å². The van der Waals surface area contributed by atoms with E-state index in [0.717, 1.165) is 43.4 Å². The third-order valence-electron chi connectivity index (χ3n) is 5.66. The van der Waals surface area contributed by atoms with E-state index in [1.807, 2.05) is 12.1 Å². The van der Waals surface area contributed by atoms with Crippen LogP contribution in [-0.4, -0.2) is 33.5 Å². The molecule has 0 unspecified atom stereocenters. The van der Waals surface area contributed by atoms with Crippen LogP contribution in [0.3, 0.4) is 0 Å². The highest BCUT2D eigenvalue weighted by atomic mass is 32.2. The molecule has 1 amide bonds. The summed E-state index contributed by atoms with van der Waals surface area (Å²) in [4.78, 5) is 13.9. The SMILES string of the molecule is COc1ccc(S(=O)(=O)C(F)(F)F)cc1NC(=O)c1ccc(N2CCc3ccccc3C2)cc1. The van der Waals surface area contributed by atoms with E-state index in [-0.39, 0.29) is 17.0 Å². The number of carbonyl (C=O) groups excluding carboxylic acids is 1. The van der Waals surface area contributed by atoms with E-state index in [2.05, 4.69) is 22.3 Å². The molecule has 10 heteroatoms. The maximum Gasteiger partial charge on any atom is 0.501 e. The van der Waals surface area contributed by atoms with Crippen molar-refractivity contribution >= 4 is 27.1 Å². The van der Waals surface area contributed by atoms with Crippen LogP contribution in [0, 0.1) is 0 Å². The molecule has 3 aromatic rings. The molecule has 3 aromatic carbocycles. The zero-order valence-corrected chi connectivity index (χ0v) is 18.9. The number of ether oxygens (including phenoxy) is 1. The first-order valence-corrected chi connectivity index (χ1v) is 11.8. The molecule has 1 aliphatic rings. The topological polar surface area (TPSA) is 75.7 Å². The highest BCUT2D eigenvalue weighted by Crippen LogP contribution is 2.35. The Kier molecular flexibility index (Phi) is 6.26. The van der Waals surface area contributed by atoms with Crippen molar-refractivity contribution in [3.05, 3.63) is 83.4 Å². The van der Waals surface area contributed by atoms with Gasteiger partial charge in [-0.25, -0.2) is 8.42 Å². The first-order chi connectivity index (χ1) is 16.1. The van der Waals surface area contributed by atoms with Crippen LogP contribution < -0.4 is 15.0 Å². The van der Waals surface area contributed by atoms with Crippen LogP contribution in [0.4, 0.5) is 24.5 Å². The number of hydrogen-bond donors (Lipinski definition) is 1. The van der Waals surface area contributed by atoms with Gasteiger partial charge in [0.15, 0.2) is 0 Å². The summed E-state index contributed by atoms with van der Waals surface area (Å²) in [6.45, 7) is 1.58. The fourth-order valence-electron chi connectivity index (χ4n) is 3.82. The third kappa shape index (κ3) is 4.58. The molecule has 0 aromatic heterocycles. The number of fused-ring (bicyclic) bond motifs is 1. The Labute approximate surface area is 194 Å². The largest absolute Gasteiger partial charge is 0.501 e. The summed E-state index contributed by atoms with van der Waals surface area (Å²) in [5.74, 6) is -0.589. The van der Waals surface area contributed by atoms with Gasteiger partial charge in [-0.1, -0.05) is 24.3 Å². The second-order valence-electron chi connectivity index (χ2n) is 7.75. The molecule has 0 atom stereocenters. The molecule has 0 bridgehead atoms. The average molecular weight is 491 g/mol. The lowest BCUT2D eigenvalue weighted by molar-refractivity contribution is -0.0436. The molecule has 1 N–H and O–H groups in total. The predicted molar refractivity (Wildman–Crippen MR) is 122 cm³/mol. The van der Waals surface area contributed by atoms with Crippen LogP contribution in [-0.2, 0) is 22.8 Å². The Morgan fingerprint density at radius 2 is 1.68 bits per heavy atom. The number of methoxy groups -OCH3 is 1. The van der Waals surface area contributed by atoms with Crippen LogP contribution in [0.15, 0.2) is 71.6 Å². The van der Waals surface area contributed by atoms with Crippen molar-refractivity contribution < 1.29 is 31.1 Å². The number of carbonyl (C=O) groups is 1. The van der Waals surface area contributed by atoms with Crippen LogP contribution in [0.5, 0.6) is 5.75 Å². The van der Waals surface area contributed by atoms with Gasteiger partial charge in [-0.15, -0.1) is 0 Å². The van der Waals surface area contributed by atoms with Gasteiger partial charge in [-0.05, 0) is 60.0 Å². The van der Waals surface area contributed by atoms with Crippen molar-refractivity contribution in [2.45, 2.75) is 23.4 Å². The van der Waals surface area contributed by atoms with Crippen molar-refractivity contribution in [1.82, 2.24) is 0 Å². The molecule has 0 saturated heterocycles. The highest BCUT2D eigenvalue weighted by molar-refractivity contribution is 7.92. The minimum atomic E-state index is -5.58. The van der Waals surface area contributed by atoms with Crippen LogP contribution in [0.1, 0.15) is 21.5 Å². The van der Waals surface area contributed by atoms with Crippen molar-refractivity contribution in [3.8, 4) is 5.75 Å². The average Bonchev–Trinajstić information content (AvgIpc) is 2.83. The number of sulfone groups is 1. The minimum Gasteiger partial charge on any atom is -0.495 e. The second kappa shape index (κ2) is 9.02. The maximum absolute atomic E-state index is 12.9. The lowest BCUT2D eigenvalue weighted by Crippen LogP contribution is -2.30. The Hall–Kier alpha value is -3.53. The monoisotopic (exact) mass is 490 g/mol. The molecule has 34 heavy (non-hydrogen) atoms. The number of benzene rings is 3. The van der Waals surface area contributed by atoms with Gasteiger partial charge in [-0.3, -0.25) is 4.79 Å². The molecular weight excluding hydrogens is 469 g/mol. The number of hydrogen-bond acceptors (Lipinski definition) is 5. The van der Waals surface area contributed by atoms with E-state index >= 15 is 0 Å². The van der Waals surface area contributed by atoms with Gasteiger partial charge in [0.25, 0.3) is 15.7 Å². The molecule has 0 radical (unpaired) electrons. The second-order valence-corrected chi connectivity index (χ2v) is 9.69. The summed E-state index contributed by atoms with van der Waals surface area (Å²) in [5, 5.41) is 2.44. The Morgan fingerprint density at radius 3 is 2.32 bits per heavy atom. The van der Waals surface area contributed by atoms with Crippen LogP contribution >= 0.6 is 0 Å². The molecule has 6 nitrogen and oxygen atoms in total. The number of rotatable bonds is 5. The molecule has 1 aliphatic heterocycles.